The summed E-state index contributed by atoms with van der Waals surface area (Å²) in [5, 5.41) is 33.1. The number of nitriles is 1. The average Bonchev–Trinajstić information content (AvgIpc) is 2.31. The van der Waals surface area contributed by atoms with Gasteiger partial charge in [-0.15, -0.1) is 0 Å². The predicted molar refractivity (Wildman–Crippen MR) is 82.3 cm³/mol. The van der Waals surface area contributed by atoms with Crippen LogP contribution in [0.3, 0.4) is 0 Å². The van der Waals surface area contributed by atoms with Crippen LogP contribution >= 0.6 is 12.6 Å². The first-order chi connectivity index (χ1) is 8.22. The molecule has 0 aliphatic rings. The Morgan fingerprint density at radius 1 is 0.800 bits per heavy atom. The van der Waals surface area contributed by atoms with Gasteiger partial charge >= 0.3 is 29.6 Å². The summed E-state index contributed by atoms with van der Waals surface area (Å²) in [7, 11) is 0. The molecule has 0 aliphatic heterocycles. The van der Waals surface area contributed by atoms with Gasteiger partial charge in [-0.2, -0.15) is 5.26 Å². The number of aliphatic hydroxyl groups is 3. The monoisotopic (exact) mass is 321 g/mol. The molecule has 0 atom stereocenters. The number of aliphatic hydroxyl groups excluding tert-OH is 3. The number of rotatable bonds is 3. The molecule has 0 rings (SSSR count). The van der Waals surface area contributed by atoms with E-state index < -0.39 is 0 Å². The van der Waals surface area contributed by atoms with Crippen molar-refractivity contribution >= 4 is 12.6 Å². The quantitative estimate of drug-likeness (QED) is 0.306. The Morgan fingerprint density at radius 2 is 0.850 bits per heavy atom. The zero-order chi connectivity index (χ0) is 15.6. The van der Waals surface area contributed by atoms with E-state index in [1.807, 2.05) is 41.5 Å². The predicted octanol–water partition coefficient (Wildman–Crippen LogP) is -0.871. The summed E-state index contributed by atoms with van der Waals surface area (Å²) < 4.78 is 0. The molecule has 0 aromatic heterocycles. The van der Waals surface area contributed by atoms with Crippen molar-refractivity contribution in [2.24, 2.45) is 17.8 Å². The molecular formula is C13H32NNaO4S. The number of nitrogens with zero attached hydrogens (tertiary/aromatic N) is 1. The van der Waals surface area contributed by atoms with Crippen LogP contribution < -0.4 is 29.6 Å². The van der Waals surface area contributed by atoms with E-state index in [-0.39, 0.29) is 35.0 Å². The van der Waals surface area contributed by atoms with E-state index in [1.54, 1.807) is 0 Å². The van der Waals surface area contributed by atoms with Gasteiger partial charge < -0.3 is 20.8 Å². The summed E-state index contributed by atoms with van der Waals surface area (Å²) >= 11 is 3.09. The molecule has 0 fully saturated rings. The van der Waals surface area contributed by atoms with Crippen LogP contribution in [0.25, 0.3) is 0 Å². The van der Waals surface area contributed by atoms with Crippen LogP contribution in [0.5, 0.6) is 0 Å². The van der Waals surface area contributed by atoms with Gasteiger partial charge in [0, 0.05) is 19.8 Å². The Bertz CT molecular complexity index is 146. The third-order valence-corrected chi connectivity index (χ3v) is 1.10. The van der Waals surface area contributed by atoms with E-state index in [9.17, 15) is 0 Å². The summed E-state index contributed by atoms with van der Waals surface area (Å²) in [5.74, 6) is 1.32. The fraction of sp³-hybridized carbons (Fsp3) is 0.923. The van der Waals surface area contributed by atoms with Crippen molar-refractivity contribution in [3.8, 4) is 5.40 Å². The van der Waals surface area contributed by atoms with Crippen molar-refractivity contribution in [3.63, 3.8) is 0 Å². The molecule has 0 amide bonds. The number of thiol groups is 1. The summed E-state index contributed by atoms with van der Waals surface area (Å²) in [6, 6.07) is 0. The van der Waals surface area contributed by atoms with Crippen molar-refractivity contribution in [2.45, 2.75) is 41.5 Å². The van der Waals surface area contributed by atoms with E-state index in [0.717, 1.165) is 0 Å². The number of thiocyanates is 1. The first-order valence-corrected chi connectivity index (χ1v) is 6.53. The topological polar surface area (TPSA) is 114 Å². The van der Waals surface area contributed by atoms with Gasteiger partial charge in [-0.3, -0.25) is 0 Å². The molecule has 0 aliphatic carbocycles. The van der Waals surface area contributed by atoms with Crippen molar-refractivity contribution < 1.29 is 50.4 Å². The Labute approximate surface area is 152 Å². The largest absolute Gasteiger partial charge is 1.00 e. The van der Waals surface area contributed by atoms with Gasteiger partial charge in [0.1, 0.15) is 5.40 Å². The molecule has 0 saturated heterocycles. The van der Waals surface area contributed by atoms with Crippen LogP contribution in [-0.2, 0) is 0 Å². The van der Waals surface area contributed by atoms with Crippen LogP contribution in [0.4, 0.5) is 0 Å². The molecule has 0 heterocycles. The van der Waals surface area contributed by atoms with Crippen molar-refractivity contribution in [1.29, 1.82) is 5.26 Å². The van der Waals surface area contributed by atoms with E-state index in [0.29, 0.717) is 37.6 Å². The third kappa shape index (κ3) is 131. The zero-order valence-corrected chi connectivity index (χ0v) is 16.9. The Balaban J connectivity index is -0.0000000321. The van der Waals surface area contributed by atoms with Crippen molar-refractivity contribution in [1.82, 2.24) is 0 Å². The molecule has 0 radical (unpaired) electrons. The van der Waals surface area contributed by atoms with Crippen LogP contribution in [0, 0.1) is 28.4 Å². The molecule has 0 aromatic carbocycles. The smallest absolute Gasteiger partial charge is 0.870 e. The first kappa shape index (κ1) is 37.2. The van der Waals surface area contributed by atoms with E-state index in [1.165, 1.54) is 5.40 Å². The molecule has 0 unspecified atom stereocenters. The molecule has 0 aromatic rings. The fourth-order valence-corrected chi connectivity index (χ4v) is 0. The minimum absolute atomic E-state index is 0. The van der Waals surface area contributed by atoms with Crippen molar-refractivity contribution in [3.05, 3.63) is 0 Å². The zero-order valence-electron chi connectivity index (χ0n) is 14.0. The fourth-order valence-electron chi connectivity index (χ4n) is 0. The molecular weight excluding hydrogens is 289 g/mol. The van der Waals surface area contributed by atoms with E-state index in [2.05, 4.69) is 12.6 Å². The summed E-state index contributed by atoms with van der Waals surface area (Å²) in [5.41, 5.74) is 0. The van der Waals surface area contributed by atoms with Gasteiger partial charge in [0.25, 0.3) is 0 Å². The second kappa shape index (κ2) is 36.7. The molecule has 0 saturated carbocycles. The molecule has 0 spiro atoms. The average molecular weight is 321 g/mol. The second-order valence-corrected chi connectivity index (χ2v) is 5.03. The van der Waals surface area contributed by atoms with E-state index >= 15 is 0 Å². The minimum atomic E-state index is 0. The van der Waals surface area contributed by atoms with Crippen LogP contribution in [0.2, 0.25) is 0 Å². The molecule has 7 heteroatoms. The van der Waals surface area contributed by atoms with Gasteiger partial charge in [0.05, 0.1) is 0 Å². The van der Waals surface area contributed by atoms with Crippen molar-refractivity contribution in [2.75, 3.05) is 19.8 Å². The van der Waals surface area contributed by atoms with Gasteiger partial charge in [0.2, 0.25) is 0 Å². The van der Waals surface area contributed by atoms with E-state index in [4.69, 9.17) is 20.6 Å². The molecule has 120 valence electrons. The minimum Gasteiger partial charge on any atom is -0.870 e. The SMILES string of the molecule is CC(C)CO.CC(C)CO.CC(C)CO.N#CS.[Na+].[OH-]. The summed E-state index contributed by atoms with van der Waals surface area (Å²) in [4.78, 5) is 0. The van der Waals surface area contributed by atoms with Crippen LogP contribution in [0.1, 0.15) is 41.5 Å². The van der Waals surface area contributed by atoms with Gasteiger partial charge in [-0.05, 0) is 17.8 Å². The van der Waals surface area contributed by atoms with Gasteiger partial charge in [0.15, 0.2) is 0 Å². The summed E-state index contributed by atoms with van der Waals surface area (Å²) in [6.45, 7) is 12.7. The second-order valence-electron chi connectivity index (χ2n) is 4.83. The third-order valence-electron chi connectivity index (χ3n) is 1.10. The Kier molecular flexibility index (Phi) is 68.2. The van der Waals surface area contributed by atoms with Gasteiger partial charge in [-0.25, -0.2) is 0 Å². The summed E-state index contributed by atoms with van der Waals surface area (Å²) in [6.07, 6.45) is 0. The maximum absolute atomic E-state index is 8.14. The molecule has 4 N–H and O–H groups in total. The van der Waals surface area contributed by atoms with Crippen LogP contribution in [-0.4, -0.2) is 40.6 Å². The standard InChI is InChI=1S/3C4H10O.CHNS.Na.H2O/c3*1-4(2)3-5;2-1-3;;/h3*4-5H,3H2,1-2H3;3H;;1H2/q;;;;+1;/p-1. The normalized spacial score (nSPS) is 7.60. The Hall–Kier alpha value is 0.680. The Morgan fingerprint density at radius 3 is 0.850 bits per heavy atom. The van der Waals surface area contributed by atoms with Gasteiger partial charge in [-0.1, -0.05) is 54.2 Å². The number of hydrogen-bond acceptors (Lipinski definition) is 6. The van der Waals surface area contributed by atoms with Crippen LogP contribution in [0.15, 0.2) is 0 Å². The molecule has 5 nitrogen and oxygen atoms in total. The number of hydrogen-bond donors (Lipinski definition) is 4. The maximum Gasteiger partial charge on any atom is 1.00 e. The first-order valence-electron chi connectivity index (χ1n) is 6.08. The maximum atomic E-state index is 8.14. The molecule has 20 heavy (non-hydrogen) atoms. The molecule has 0 bridgehead atoms.